The number of thiophene rings is 1. The Balaban J connectivity index is 1.74. The number of methoxy groups -OCH3 is 1. The molecule has 0 fully saturated rings. The van der Waals surface area contributed by atoms with E-state index in [1.165, 1.54) is 4.88 Å². The molecular formula is C13H20N4O2S. The molecule has 0 bridgehead atoms. The van der Waals surface area contributed by atoms with Gasteiger partial charge < -0.3 is 19.8 Å². The van der Waals surface area contributed by atoms with Crippen LogP contribution in [0.2, 0.25) is 0 Å². The summed E-state index contributed by atoms with van der Waals surface area (Å²) in [4.78, 5) is 1.34. The maximum Gasteiger partial charge on any atom is 0.315 e. The zero-order valence-electron chi connectivity index (χ0n) is 11.8. The van der Waals surface area contributed by atoms with Crippen LogP contribution < -0.4 is 10.6 Å². The topological polar surface area (TPSA) is 72.2 Å². The van der Waals surface area contributed by atoms with Crippen LogP contribution in [-0.2, 0) is 17.7 Å². The SMILES string of the molecule is COCCNCc1nnc(NC(C)Cc2cccs2)o1. The highest BCUT2D eigenvalue weighted by Crippen LogP contribution is 2.14. The lowest BCUT2D eigenvalue weighted by Crippen LogP contribution is -2.18. The lowest BCUT2D eigenvalue weighted by Gasteiger charge is -2.09. The first-order valence-corrected chi connectivity index (χ1v) is 7.47. The Morgan fingerprint density at radius 2 is 2.35 bits per heavy atom. The van der Waals surface area contributed by atoms with Crippen molar-refractivity contribution in [2.45, 2.75) is 25.9 Å². The van der Waals surface area contributed by atoms with E-state index in [9.17, 15) is 0 Å². The molecule has 1 atom stereocenters. The van der Waals surface area contributed by atoms with Crippen molar-refractivity contribution in [1.82, 2.24) is 15.5 Å². The third kappa shape index (κ3) is 4.92. The van der Waals surface area contributed by atoms with Crippen LogP contribution in [0, 0.1) is 0 Å². The molecule has 110 valence electrons. The van der Waals surface area contributed by atoms with Crippen molar-refractivity contribution in [3.63, 3.8) is 0 Å². The second-order valence-electron chi connectivity index (χ2n) is 4.50. The zero-order valence-corrected chi connectivity index (χ0v) is 12.6. The fraction of sp³-hybridized carbons (Fsp3) is 0.538. The van der Waals surface area contributed by atoms with Crippen LogP contribution in [0.3, 0.4) is 0 Å². The number of hydrogen-bond acceptors (Lipinski definition) is 7. The van der Waals surface area contributed by atoms with Crippen molar-refractivity contribution in [1.29, 1.82) is 0 Å². The molecule has 0 amide bonds. The van der Waals surface area contributed by atoms with E-state index >= 15 is 0 Å². The van der Waals surface area contributed by atoms with Crippen LogP contribution in [0.1, 0.15) is 17.7 Å². The van der Waals surface area contributed by atoms with Gasteiger partial charge in [-0.1, -0.05) is 11.2 Å². The van der Waals surface area contributed by atoms with Gasteiger partial charge in [0.15, 0.2) is 0 Å². The highest BCUT2D eigenvalue weighted by Gasteiger charge is 2.10. The van der Waals surface area contributed by atoms with E-state index in [2.05, 4.69) is 45.3 Å². The summed E-state index contributed by atoms with van der Waals surface area (Å²) in [5.41, 5.74) is 0. The molecule has 0 radical (unpaired) electrons. The molecule has 7 heteroatoms. The standard InChI is InChI=1S/C13H20N4O2S/c1-10(8-11-4-3-7-20-11)15-13-17-16-12(19-13)9-14-5-6-18-2/h3-4,7,10,14H,5-6,8-9H2,1-2H3,(H,15,17). The number of nitrogens with one attached hydrogen (secondary N) is 2. The van der Waals surface area contributed by atoms with E-state index in [4.69, 9.17) is 9.15 Å². The zero-order chi connectivity index (χ0) is 14.2. The molecule has 1 unspecified atom stereocenters. The molecule has 2 N–H and O–H groups in total. The summed E-state index contributed by atoms with van der Waals surface area (Å²) in [6.07, 6.45) is 0.946. The highest BCUT2D eigenvalue weighted by atomic mass is 32.1. The summed E-state index contributed by atoms with van der Waals surface area (Å²) in [5, 5.41) is 16.4. The molecule has 0 aliphatic rings. The van der Waals surface area contributed by atoms with Gasteiger partial charge in [0.05, 0.1) is 13.2 Å². The molecule has 0 aliphatic heterocycles. The van der Waals surface area contributed by atoms with Crippen LogP contribution in [0.25, 0.3) is 0 Å². The van der Waals surface area contributed by atoms with Crippen LogP contribution in [0.4, 0.5) is 6.01 Å². The molecule has 20 heavy (non-hydrogen) atoms. The normalized spacial score (nSPS) is 12.5. The molecule has 2 aromatic heterocycles. The molecule has 6 nitrogen and oxygen atoms in total. The van der Waals surface area contributed by atoms with Crippen molar-refractivity contribution < 1.29 is 9.15 Å². The number of ether oxygens (including phenoxy) is 1. The minimum atomic E-state index is 0.253. The fourth-order valence-corrected chi connectivity index (χ4v) is 2.58. The average Bonchev–Trinajstić information content (AvgIpc) is 3.07. The fourth-order valence-electron chi connectivity index (χ4n) is 1.75. The minimum absolute atomic E-state index is 0.253. The molecule has 0 aliphatic carbocycles. The Bertz CT molecular complexity index is 486. The average molecular weight is 296 g/mol. The molecule has 0 spiro atoms. The van der Waals surface area contributed by atoms with Gasteiger partial charge in [-0.2, -0.15) is 0 Å². The monoisotopic (exact) mass is 296 g/mol. The Kier molecular flexibility index (Phi) is 5.97. The van der Waals surface area contributed by atoms with Gasteiger partial charge in [0, 0.05) is 31.0 Å². The predicted molar refractivity (Wildman–Crippen MR) is 79.0 cm³/mol. The van der Waals surface area contributed by atoms with Crippen molar-refractivity contribution in [2.75, 3.05) is 25.6 Å². The summed E-state index contributed by atoms with van der Waals surface area (Å²) in [5.74, 6) is 0.576. The van der Waals surface area contributed by atoms with Crippen molar-refractivity contribution in [3.05, 3.63) is 28.3 Å². The maximum absolute atomic E-state index is 5.52. The van der Waals surface area contributed by atoms with Gasteiger partial charge in [-0.25, -0.2) is 0 Å². The Morgan fingerprint density at radius 1 is 1.45 bits per heavy atom. The number of rotatable bonds is 9. The molecular weight excluding hydrogens is 276 g/mol. The molecule has 2 rings (SSSR count). The van der Waals surface area contributed by atoms with Crippen LogP contribution in [-0.4, -0.2) is 36.5 Å². The van der Waals surface area contributed by atoms with Crippen LogP contribution in [0.5, 0.6) is 0 Å². The number of nitrogens with zero attached hydrogens (tertiary/aromatic N) is 2. The molecule has 0 saturated carbocycles. The maximum atomic E-state index is 5.52. The highest BCUT2D eigenvalue weighted by molar-refractivity contribution is 7.09. The van der Waals surface area contributed by atoms with Gasteiger partial charge >= 0.3 is 6.01 Å². The van der Waals surface area contributed by atoms with Crippen molar-refractivity contribution >= 4 is 17.4 Å². The van der Waals surface area contributed by atoms with Crippen molar-refractivity contribution in [2.24, 2.45) is 0 Å². The minimum Gasteiger partial charge on any atom is -0.407 e. The number of hydrogen-bond donors (Lipinski definition) is 2. The van der Waals surface area contributed by atoms with E-state index in [1.54, 1.807) is 18.4 Å². The van der Waals surface area contributed by atoms with Gasteiger partial charge in [-0.15, -0.1) is 16.4 Å². The third-order valence-electron chi connectivity index (χ3n) is 2.68. The summed E-state index contributed by atoms with van der Waals surface area (Å²) in [6.45, 7) is 4.07. The molecule has 0 aromatic carbocycles. The molecule has 2 aromatic rings. The Labute approximate surface area is 122 Å². The summed E-state index contributed by atoms with van der Waals surface area (Å²) in [7, 11) is 1.67. The van der Waals surface area contributed by atoms with Gasteiger partial charge in [-0.3, -0.25) is 0 Å². The smallest absolute Gasteiger partial charge is 0.315 e. The first kappa shape index (κ1) is 15.0. The summed E-state index contributed by atoms with van der Waals surface area (Å²) < 4.78 is 10.5. The largest absolute Gasteiger partial charge is 0.407 e. The van der Waals surface area contributed by atoms with Crippen LogP contribution in [0.15, 0.2) is 21.9 Å². The van der Waals surface area contributed by atoms with Gasteiger partial charge in [0.1, 0.15) is 0 Å². The van der Waals surface area contributed by atoms with E-state index in [-0.39, 0.29) is 6.04 Å². The van der Waals surface area contributed by atoms with E-state index in [0.717, 1.165) is 13.0 Å². The second-order valence-corrected chi connectivity index (χ2v) is 5.53. The number of aromatic nitrogens is 2. The Hall–Kier alpha value is -1.44. The second kappa shape index (κ2) is 7.98. The first-order valence-electron chi connectivity index (χ1n) is 6.59. The van der Waals surface area contributed by atoms with Crippen molar-refractivity contribution in [3.8, 4) is 0 Å². The van der Waals surface area contributed by atoms with Gasteiger partial charge in [-0.05, 0) is 18.4 Å². The van der Waals surface area contributed by atoms with E-state index in [0.29, 0.717) is 25.1 Å². The van der Waals surface area contributed by atoms with E-state index < -0.39 is 0 Å². The quantitative estimate of drug-likeness (QED) is 0.689. The first-order chi connectivity index (χ1) is 9.78. The third-order valence-corrected chi connectivity index (χ3v) is 3.58. The summed E-state index contributed by atoms with van der Waals surface area (Å²) >= 11 is 1.75. The lowest BCUT2D eigenvalue weighted by molar-refractivity contribution is 0.198. The van der Waals surface area contributed by atoms with Crippen LogP contribution >= 0.6 is 11.3 Å². The summed E-state index contributed by atoms with van der Waals surface area (Å²) in [6, 6.07) is 4.91. The molecule has 2 heterocycles. The van der Waals surface area contributed by atoms with E-state index in [1.807, 2.05) is 0 Å². The van der Waals surface area contributed by atoms with Gasteiger partial charge in [0.25, 0.3) is 0 Å². The number of anilines is 1. The Morgan fingerprint density at radius 3 is 3.10 bits per heavy atom. The lowest BCUT2D eigenvalue weighted by atomic mass is 10.2. The molecule has 0 saturated heterocycles. The predicted octanol–water partition coefficient (Wildman–Crippen LogP) is 1.91. The van der Waals surface area contributed by atoms with Gasteiger partial charge in [0.2, 0.25) is 5.89 Å².